The van der Waals surface area contributed by atoms with E-state index in [1.54, 1.807) is 36.0 Å². The van der Waals surface area contributed by atoms with Gasteiger partial charge >= 0.3 is 0 Å². The molecule has 0 spiro atoms. The highest BCUT2D eigenvalue weighted by atomic mass is 32.2. The van der Waals surface area contributed by atoms with Crippen LogP contribution in [0, 0.1) is 0 Å². The highest BCUT2D eigenvalue weighted by Crippen LogP contribution is 2.18. The van der Waals surface area contributed by atoms with E-state index < -0.39 is 0 Å². The molecule has 0 amide bonds. The molecule has 0 fully saturated rings. The lowest BCUT2D eigenvalue weighted by Gasteiger charge is -2.07. The van der Waals surface area contributed by atoms with Gasteiger partial charge in [-0.25, -0.2) is 0 Å². The molecule has 0 N–H and O–H groups in total. The van der Waals surface area contributed by atoms with Crippen LogP contribution in [0.3, 0.4) is 0 Å². The van der Waals surface area contributed by atoms with E-state index in [1.165, 1.54) is 0 Å². The van der Waals surface area contributed by atoms with E-state index in [0.29, 0.717) is 12.2 Å². The number of nitrogens with zero attached hydrogens (tertiary/aromatic N) is 3. The zero-order chi connectivity index (χ0) is 15.1. The van der Waals surface area contributed by atoms with Crippen molar-refractivity contribution >= 4 is 18.0 Å². The van der Waals surface area contributed by atoms with E-state index in [-0.39, 0.29) is 0 Å². The minimum atomic E-state index is 0.586. The number of rotatable bonds is 8. The Labute approximate surface area is 128 Å². The fraction of sp³-hybridized carbons (Fsp3) is 0.400. The van der Waals surface area contributed by atoms with E-state index in [4.69, 9.17) is 4.74 Å². The molecule has 6 heteroatoms. The van der Waals surface area contributed by atoms with Gasteiger partial charge in [-0.1, -0.05) is 18.7 Å². The van der Waals surface area contributed by atoms with Crippen molar-refractivity contribution in [3.8, 4) is 5.75 Å². The van der Waals surface area contributed by atoms with Crippen molar-refractivity contribution in [2.45, 2.75) is 32.0 Å². The molecule has 0 aliphatic heterocycles. The summed E-state index contributed by atoms with van der Waals surface area (Å²) >= 11 is 1.64. The molecule has 112 valence electrons. The fourth-order valence-corrected chi connectivity index (χ4v) is 2.78. The number of carbonyl (C=O) groups excluding carboxylic acids is 1. The summed E-state index contributed by atoms with van der Waals surface area (Å²) in [5.74, 6) is 2.59. The predicted octanol–water partition coefficient (Wildman–Crippen LogP) is 2.84. The first-order chi connectivity index (χ1) is 10.3. The Morgan fingerprint density at radius 1 is 1.24 bits per heavy atom. The maximum atomic E-state index is 10.6. The minimum Gasteiger partial charge on any atom is -0.493 e. The van der Waals surface area contributed by atoms with Crippen molar-refractivity contribution in [1.29, 1.82) is 0 Å². The van der Waals surface area contributed by atoms with Gasteiger partial charge in [0.05, 0.1) is 6.61 Å². The first-order valence-electron chi connectivity index (χ1n) is 7.01. The molecule has 0 unspecified atom stereocenters. The lowest BCUT2D eigenvalue weighted by molar-refractivity contribution is 0.112. The molecule has 0 saturated heterocycles. The highest BCUT2D eigenvalue weighted by molar-refractivity contribution is 7.99. The van der Waals surface area contributed by atoms with Crippen molar-refractivity contribution in [1.82, 2.24) is 14.8 Å². The van der Waals surface area contributed by atoms with Gasteiger partial charge in [0.2, 0.25) is 0 Å². The Morgan fingerprint density at radius 3 is 2.62 bits per heavy atom. The van der Waals surface area contributed by atoms with Gasteiger partial charge in [0.25, 0.3) is 0 Å². The van der Waals surface area contributed by atoms with E-state index in [9.17, 15) is 4.79 Å². The number of aryl methyl sites for hydroxylation is 1. The topological polar surface area (TPSA) is 57.0 Å². The molecule has 0 atom stereocenters. The van der Waals surface area contributed by atoms with Gasteiger partial charge < -0.3 is 9.30 Å². The number of carbonyl (C=O) groups is 1. The summed E-state index contributed by atoms with van der Waals surface area (Å²) in [6.07, 6.45) is 1.71. The predicted molar refractivity (Wildman–Crippen MR) is 83.1 cm³/mol. The van der Waals surface area contributed by atoms with Crippen LogP contribution in [0.4, 0.5) is 0 Å². The van der Waals surface area contributed by atoms with Crippen LogP contribution in [-0.2, 0) is 13.0 Å². The van der Waals surface area contributed by atoms with Gasteiger partial charge in [0.15, 0.2) is 5.16 Å². The zero-order valence-corrected chi connectivity index (χ0v) is 13.1. The summed E-state index contributed by atoms with van der Waals surface area (Å²) in [6, 6.07) is 7.10. The molecule has 2 aromatic rings. The van der Waals surface area contributed by atoms with Gasteiger partial charge in [-0.05, 0) is 31.2 Å². The van der Waals surface area contributed by atoms with Crippen LogP contribution in [0.25, 0.3) is 0 Å². The minimum absolute atomic E-state index is 0.586. The van der Waals surface area contributed by atoms with Crippen LogP contribution in [0.2, 0.25) is 0 Å². The van der Waals surface area contributed by atoms with E-state index >= 15 is 0 Å². The third kappa shape index (κ3) is 4.07. The number of hydrogen-bond acceptors (Lipinski definition) is 5. The van der Waals surface area contributed by atoms with Crippen LogP contribution >= 0.6 is 11.8 Å². The average Bonchev–Trinajstić information content (AvgIpc) is 2.94. The summed E-state index contributed by atoms with van der Waals surface area (Å²) in [7, 11) is 0. The zero-order valence-electron chi connectivity index (χ0n) is 12.3. The number of ether oxygens (including phenoxy) is 1. The quantitative estimate of drug-likeness (QED) is 0.426. The molecule has 0 saturated carbocycles. The third-order valence-corrected chi connectivity index (χ3v) is 3.96. The molecule has 0 bridgehead atoms. The number of thioether (sulfide) groups is 1. The van der Waals surface area contributed by atoms with E-state index in [0.717, 1.165) is 41.7 Å². The molecule has 2 rings (SSSR count). The second kappa shape index (κ2) is 7.83. The Hall–Kier alpha value is -1.82. The molecule has 1 heterocycles. The Bertz CT molecular complexity index is 581. The van der Waals surface area contributed by atoms with Gasteiger partial charge in [-0.15, -0.1) is 10.2 Å². The van der Waals surface area contributed by atoms with Crippen LogP contribution in [0.5, 0.6) is 5.75 Å². The molecule has 1 aromatic carbocycles. The van der Waals surface area contributed by atoms with Crippen molar-refractivity contribution in [3.63, 3.8) is 0 Å². The van der Waals surface area contributed by atoms with Gasteiger partial charge in [-0.3, -0.25) is 4.79 Å². The van der Waals surface area contributed by atoms with Crippen LogP contribution in [-0.4, -0.2) is 33.4 Å². The summed E-state index contributed by atoms with van der Waals surface area (Å²) in [5, 5.41) is 9.33. The molecule has 21 heavy (non-hydrogen) atoms. The number of aromatic nitrogens is 3. The van der Waals surface area contributed by atoms with Crippen LogP contribution < -0.4 is 4.74 Å². The van der Waals surface area contributed by atoms with Crippen molar-refractivity contribution < 1.29 is 9.53 Å². The lowest BCUT2D eigenvalue weighted by Crippen LogP contribution is -2.04. The maximum Gasteiger partial charge on any atom is 0.191 e. The molecule has 1 aromatic heterocycles. The normalized spacial score (nSPS) is 10.6. The molecular weight excluding hydrogens is 286 g/mol. The highest BCUT2D eigenvalue weighted by Gasteiger charge is 2.09. The number of aldehydes is 1. The standard InChI is InChI=1S/C15H19N3O2S/c1-3-14-16-17-15(18(14)4-2)21-10-9-20-13-7-5-12(11-19)6-8-13/h5-8,11H,3-4,9-10H2,1-2H3. The molecule has 0 aliphatic carbocycles. The fourth-order valence-electron chi connectivity index (χ4n) is 1.94. The number of hydrogen-bond donors (Lipinski definition) is 0. The lowest BCUT2D eigenvalue weighted by atomic mass is 10.2. The van der Waals surface area contributed by atoms with Crippen LogP contribution in [0.1, 0.15) is 30.0 Å². The first-order valence-corrected chi connectivity index (χ1v) is 8.00. The molecule has 0 radical (unpaired) electrons. The SMILES string of the molecule is CCc1nnc(SCCOc2ccc(C=O)cc2)n1CC. The largest absolute Gasteiger partial charge is 0.493 e. The summed E-state index contributed by atoms with van der Waals surface area (Å²) in [6.45, 7) is 5.64. The molecular formula is C15H19N3O2S. The summed E-state index contributed by atoms with van der Waals surface area (Å²) in [5.41, 5.74) is 0.653. The smallest absolute Gasteiger partial charge is 0.191 e. The Kier molecular flexibility index (Phi) is 5.80. The van der Waals surface area contributed by atoms with E-state index in [2.05, 4.69) is 28.6 Å². The van der Waals surface area contributed by atoms with E-state index in [1.807, 2.05) is 0 Å². The van der Waals surface area contributed by atoms with Crippen molar-refractivity contribution in [2.75, 3.05) is 12.4 Å². The average molecular weight is 305 g/mol. The Morgan fingerprint density at radius 2 is 2.00 bits per heavy atom. The first kappa shape index (κ1) is 15.6. The van der Waals surface area contributed by atoms with Gasteiger partial charge in [-0.2, -0.15) is 0 Å². The monoisotopic (exact) mass is 305 g/mol. The molecule has 5 nitrogen and oxygen atoms in total. The van der Waals surface area contributed by atoms with Gasteiger partial charge in [0, 0.05) is 24.3 Å². The third-order valence-electron chi connectivity index (χ3n) is 3.03. The summed E-state index contributed by atoms with van der Waals surface area (Å²) < 4.78 is 7.77. The molecule has 0 aliphatic rings. The Balaban J connectivity index is 1.81. The van der Waals surface area contributed by atoms with Crippen molar-refractivity contribution in [3.05, 3.63) is 35.7 Å². The van der Waals surface area contributed by atoms with Crippen LogP contribution in [0.15, 0.2) is 29.4 Å². The second-order valence-electron chi connectivity index (χ2n) is 4.38. The number of benzene rings is 1. The maximum absolute atomic E-state index is 10.6. The second-order valence-corrected chi connectivity index (χ2v) is 5.44. The van der Waals surface area contributed by atoms with Gasteiger partial charge in [0.1, 0.15) is 17.9 Å². The van der Waals surface area contributed by atoms with Crippen molar-refractivity contribution in [2.24, 2.45) is 0 Å². The summed E-state index contributed by atoms with van der Waals surface area (Å²) in [4.78, 5) is 10.6.